The second-order valence-electron chi connectivity index (χ2n) is 8.33. The maximum atomic E-state index is 12.7. The average Bonchev–Trinajstić information content (AvgIpc) is 3.59. The van der Waals surface area contributed by atoms with Crippen LogP contribution in [0.15, 0.2) is 17.3 Å². The third kappa shape index (κ3) is 4.71. The highest BCUT2D eigenvalue weighted by atomic mass is 19.4. The molecule has 0 radical (unpaired) electrons. The van der Waals surface area contributed by atoms with Gasteiger partial charge >= 0.3 is 6.18 Å². The highest BCUT2D eigenvalue weighted by Crippen LogP contribution is 2.45. The van der Waals surface area contributed by atoms with Gasteiger partial charge < -0.3 is 10.5 Å². The van der Waals surface area contributed by atoms with E-state index in [2.05, 4.69) is 20.5 Å². The Kier molecular flexibility index (Phi) is 5.15. The summed E-state index contributed by atoms with van der Waals surface area (Å²) in [6, 6.07) is 1.45. The maximum Gasteiger partial charge on any atom is 0.422 e. The van der Waals surface area contributed by atoms with Gasteiger partial charge in [0.25, 0.3) is 0 Å². The second-order valence-corrected chi connectivity index (χ2v) is 8.33. The lowest BCUT2D eigenvalue weighted by atomic mass is 9.94. The number of hydrogen-bond acceptors (Lipinski definition) is 6. The number of aryl methyl sites for hydroxylation is 1. The van der Waals surface area contributed by atoms with Crippen LogP contribution in [0.3, 0.4) is 0 Å². The molecular weight excluding hydrogens is 399 g/mol. The molecule has 2 aromatic heterocycles. The zero-order chi connectivity index (χ0) is 21.5. The summed E-state index contributed by atoms with van der Waals surface area (Å²) in [6.45, 7) is 0.542. The molecule has 1 atom stereocenters. The van der Waals surface area contributed by atoms with Crippen LogP contribution in [0.5, 0.6) is 5.75 Å². The fourth-order valence-corrected chi connectivity index (χ4v) is 3.65. The number of aromatic nitrogens is 5. The highest BCUT2D eigenvalue weighted by molar-refractivity contribution is 5.96. The lowest BCUT2D eigenvalue weighted by Crippen LogP contribution is -2.30. The number of nitrogens with zero attached hydrogens (tertiary/aromatic N) is 6. The number of pyridine rings is 1. The second kappa shape index (κ2) is 7.51. The van der Waals surface area contributed by atoms with Crippen molar-refractivity contribution in [2.75, 3.05) is 6.61 Å². The van der Waals surface area contributed by atoms with E-state index in [1.165, 1.54) is 6.07 Å². The van der Waals surface area contributed by atoms with Gasteiger partial charge in [-0.15, -0.1) is 5.10 Å². The molecule has 2 aromatic rings. The molecule has 2 aliphatic carbocycles. The van der Waals surface area contributed by atoms with Gasteiger partial charge in [0, 0.05) is 24.9 Å². The van der Waals surface area contributed by atoms with Gasteiger partial charge in [-0.05, 0) is 48.4 Å². The van der Waals surface area contributed by atoms with Gasteiger partial charge in [-0.25, -0.2) is 4.68 Å². The third-order valence-corrected chi connectivity index (χ3v) is 5.42. The zero-order valence-corrected chi connectivity index (χ0v) is 16.9. The molecule has 0 bridgehead atoms. The Bertz CT molecular complexity index is 950. The molecule has 2 aliphatic rings. The van der Waals surface area contributed by atoms with Gasteiger partial charge in [0.15, 0.2) is 12.4 Å². The molecule has 0 saturated heterocycles. The van der Waals surface area contributed by atoms with Crippen molar-refractivity contribution in [3.63, 3.8) is 0 Å². The standard InChI is InChI=1S/C19H24F3N7O/c1-18(8-11-3-4-11,17-26-27-28-29(17)2)25-16(23)14-7-15(30-10-19(20,21)22)13(9-24-14)12-5-6-12/h7,9,11-12H,3-6,8,10H2,1-2H3,(H2,23,25)/t18-/m1/s1. The lowest BCUT2D eigenvalue weighted by Gasteiger charge is -2.24. The Morgan fingerprint density at radius 1 is 1.30 bits per heavy atom. The summed E-state index contributed by atoms with van der Waals surface area (Å²) in [5.74, 6) is 1.53. The number of hydrogen-bond donors (Lipinski definition) is 1. The topological polar surface area (TPSA) is 104 Å². The van der Waals surface area contributed by atoms with Gasteiger partial charge in [-0.3, -0.25) is 9.98 Å². The van der Waals surface area contributed by atoms with Crippen molar-refractivity contribution in [2.45, 2.75) is 56.7 Å². The quantitative estimate of drug-likeness (QED) is 0.517. The van der Waals surface area contributed by atoms with E-state index in [9.17, 15) is 13.2 Å². The number of rotatable bonds is 8. The SMILES string of the molecule is Cn1nnnc1[C@@](C)(CC1CC1)N=C(N)c1cc(OCC(F)(F)F)c(C2CC2)cn1. The number of ether oxygens (including phenoxy) is 1. The zero-order valence-electron chi connectivity index (χ0n) is 16.9. The van der Waals surface area contributed by atoms with Crippen LogP contribution in [0.1, 0.15) is 62.0 Å². The number of alkyl halides is 3. The van der Waals surface area contributed by atoms with Crippen LogP contribution >= 0.6 is 0 Å². The van der Waals surface area contributed by atoms with Crippen molar-refractivity contribution in [3.05, 3.63) is 29.3 Å². The molecule has 2 fully saturated rings. The number of nitrogens with two attached hydrogens (primary N) is 1. The van der Waals surface area contributed by atoms with E-state index in [1.807, 2.05) is 6.92 Å². The van der Waals surface area contributed by atoms with Crippen molar-refractivity contribution in [1.29, 1.82) is 0 Å². The molecule has 30 heavy (non-hydrogen) atoms. The Labute approximate surface area is 171 Å². The van der Waals surface area contributed by atoms with E-state index >= 15 is 0 Å². The molecule has 2 saturated carbocycles. The summed E-state index contributed by atoms with van der Waals surface area (Å²) in [5, 5.41) is 11.7. The molecule has 0 spiro atoms. The predicted octanol–water partition coefficient (Wildman–Crippen LogP) is 2.84. The number of tetrazole rings is 1. The first-order chi connectivity index (χ1) is 14.1. The first kappa shape index (κ1) is 20.5. The summed E-state index contributed by atoms with van der Waals surface area (Å²) in [5.41, 5.74) is 6.43. The van der Waals surface area contributed by atoms with Gasteiger partial charge in [0.05, 0.1) is 0 Å². The van der Waals surface area contributed by atoms with Crippen LogP contribution in [0.2, 0.25) is 0 Å². The van der Waals surface area contributed by atoms with Crippen molar-refractivity contribution in [3.8, 4) is 5.75 Å². The van der Waals surface area contributed by atoms with Gasteiger partial charge in [-0.1, -0.05) is 12.8 Å². The Balaban J connectivity index is 1.65. The Hall–Kier alpha value is -2.72. The van der Waals surface area contributed by atoms with Crippen molar-refractivity contribution >= 4 is 5.84 Å². The molecule has 162 valence electrons. The molecule has 4 rings (SSSR count). The first-order valence-electron chi connectivity index (χ1n) is 9.92. The van der Waals surface area contributed by atoms with Crippen molar-refractivity contribution < 1.29 is 17.9 Å². The minimum Gasteiger partial charge on any atom is -0.484 e. The molecule has 0 unspecified atom stereocenters. The molecule has 2 N–H and O–H groups in total. The highest BCUT2D eigenvalue weighted by Gasteiger charge is 2.39. The fourth-order valence-electron chi connectivity index (χ4n) is 3.65. The van der Waals surface area contributed by atoms with Gasteiger partial charge in [0.2, 0.25) is 0 Å². The van der Waals surface area contributed by atoms with Crippen LogP contribution in [0, 0.1) is 5.92 Å². The normalized spacial score (nSPS) is 19.6. The molecular formula is C19H24F3N7O. The average molecular weight is 423 g/mol. The summed E-state index contributed by atoms with van der Waals surface area (Å²) in [6.07, 6.45) is 1.88. The minimum atomic E-state index is -4.43. The minimum absolute atomic E-state index is 0.111. The third-order valence-electron chi connectivity index (χ3n) is 5.42. The number of amidine groups is 1. The number of halogens is 3. The summed E-state index contributed by atoms with van der Waals surface area (Å²) in [7, 11) is 1.73. The van der Waals surface area contributed by atoms with Crippen LogP contribution in [-0.4, -0.2) is 43.8 Å². The van der Waals surface area contributed by atoms with E-state index in [-0.39, 0.29) is 23.2 Å². The first-order valence-corrected chi connectivity index (χ1v) is 9.92. The van der Waals surface area contributed by atoms with Crippen LogP contribution in [0.25, 0.3) is 0 Å². The van der Waals surface area contributed by atoms with Crippen LogP contribution in [0.4, 0.5) is 13.2 Å². The van der Waals surface area contributed by atoms with Crippen LogP contribution < -0.4 is 10.5 Å². The van der Waals surface area contributed by atoms with Crippen molar-refractivity contribution in [2.24, 2.45) is 23.7 Å². The summed E-state index contributed by atoms with van der Waals surface area (Å²) < 4.78 is 44.7. The summed E-state index contributed by atoms with van der Waals surface area (Å²) in [4.78, 5) is 9.05. The van der Waals surface area contributed by atoms with Gasteiger partial charge in [0.1, 0.15) is 22.8 Å². The monoisotopic (exact) mass is 423 g/mol. The van der Waals surface area contributed by atoms with E-state index in [1.54, 1.807) is 17.9 Å². The lowest BCUT2D eigenvalue weighted by molar-refractivity contribution is -0.153. The molecule has 0 aromatic carbocycles. The molecule has 0 amide bonds. The molecule has 2 heterocycles. The van der Waals surface area contributed by atoms with E-state index < -0.39 is 18.3 Å². The van der Waals surface area contributed by atoms with E-state index in [0.29, 0.717) is 17.3 Å². The molecule has 0 aliphatic heterocycles. The van der Waals surface area contributed by atoms with Gasteiger partial charge in [-0.2, -0.15) is 13.2 Å². The predicted molar refractivity (Wildman–Crippen MR) is 102 cm³/mol. The van der Waals surface area contributed by atoms with E-state index in [0.717, 1.165) is 32.1 Å². The molecule has 11 heteroatoms. The fraction of sp³-hybridized carbons (Fsp3) is 0.632. The number of aliphatic imine (C=N–C) groups is 1. The van der Waals surface area contributed by atoms with Crippen molar-refractivity contribution in [1.82, 2.24) is 25.2 Å². The Morgan fingerprint density at radius 3 is 2.60 bits per heavy atom. The molecule has 8 nitrogen and oxygen atoms in total. The largest absolute Gasteiger partial charge is 0.484 e. The summed E-state index contributed by atoms with van der Waals surface area (Å²) >= 11 is 0. The smallest absolute Gasteiger partial charge is 0.422 e. The Morgan fingerprint density at radius 2 is 2.03 bits per heavy atom. The van der Waals surface area contributed by atoms with Crippen LogP contribution in [-0.2, 0) is 12.6 Å². The maximum absolute atomic E-state index is 12.7. The van der Waals surface area contributed by atoms with E-state index in [4.69, 9.17) is 15.5 Å².